The highest BCUT2D eigenvalue weighted by atomic mass is 32.1. The van der Waals surface area contributed by atoms with Gasteiger partial charge in [0, 0.05) is 31.9 Å². The van der Waals surface area contributed by atoms with Gasteiger partial charge in [0.1, 0.15) is 11.3 Å². The zero-order chi connectivity index (χ0) is 13.8. The van der Waals surface area contributed by atoms with Crippen LogP contribution in [0.1, 0.15) is 5.82 Å². The second kappa shape index (κ2) is 6.19. The average molecular weight is 290 g/mol. The minimum Gasteiger partial charge on any atom is -0.497 e. The maximum absolute atomic E-state index is 5.19. The van der Waals surface area contributed by atoms with E-state index in [0.717, 1.165) is 44.3 Å². The van der Waals surface area contributed by atoms with Gasteiger partial charge in [0.15, 0.2) is 5.82 Å². The number of rotatable bonds is 4. The van der Waals surface area contributed by atoms with Gasteiger partial charge in [-0.05, 0) is 35.8 Å². The van der Waals surface area contributed by atoms with Crippen LogP contribution in [0.25, 0.3) is 0 Å². The van der Waals surface area contributed by atoms with E-state index in [2.05, 4.69) is 31.3 Å². The lowest BCUT2D eigenvalue weighted by atomic mass is 10.2. The van der Waals surface area contributed by atoms with E-state index >= 15 is 0 Å². The molecule has 0 spiro atoms. The maximum atomic E-state index is 5.19. The monoisotopic (exact) mass is 290 g/mol. The van der Waals surface area contributed by atoms with Crippen molar-refractivity contribution in [2.24, 2.45) is 0 Å². The zero-order valence-corrected chi connectivity index (χ0v) is 12.3. The molecule has 1 aliphatic heterocycles. The number of hydrogen-bond acceptors (Lipinski definition) is 6. The molecular weight excluding hydrogens is 272 g/mol. The molecule has 0 bridgehead atoms. The summed E-state index contributed by atoms with van der Waals surface area (Å²) in [5.41, 5.74) is 3.06. The fourth-order valence-corrected chi connectivity index (χ4v) is 2.86. The van der Waals surface area contributed by atoms with Crippen molar-refractivity contribution in [3.63, 3.8) is 0 Å². The molecule has 0 N–H and O–H groups in total. The molecule has 1 aromatic heterocycles. The first-order valence-electron chi connectivity index (χ1n) is 6.72. The van der Waals surface area contributed by atoms with Gasteiger partial charge in [-0.3, -0.25) is 4.90 Å². The summed E-state index contributed by atoms with van der Waals surface area (Å²) in [6, 6.07) is 8.27. The third-order valence-electron chi connectivity index (χ3n) is 3.58. The van der Waals surface area contributed by atoms with Gasteiger partial charge < -0.3 is 9.64 Å². The van der Waals surface area contributed by atoms with Gasteiger partial charge in [-0.1, -0.05) is 0 Å². The Morgan fingerprint density at radius 3 is 2.50 bits per heavy atom. The summed E-state index contributed by atoms with van der Waals surface area (Å²) < 4.78 is 9.46. The SMILES string of the molecule is COc1ccc(N2CCN(Cc3ncsn3)CC2)cc1. The van der Waals surface area contributed by atoms with Crippen molar-refractivity contribution in [2.75, 3.05) is 38.2 Å². The normalized spacial score (nSPS) is 16.4. The number of ether oxygens (including phenoxy) is 1. The molecule has 0 amide bonds. The second-order valence-electron chi connectivity index (χ2n) is 4.81. The molecule has 1 aromatic carbocycles. The number of nitrogens with zero attached hydrogens (tertiary/aromatic N) is 4. The van der Waals surface area contributed by atoms with E-state index < -0.39 is 0 Å². The number of benzene rings is 1. The Morgan fingerprint density at radius 1 is 1.15 bits per heavy atom. The largest absolute Gasteiger partial charge is 0.497 e. The lowest BCUT2D eigenvalue weighted by Crippen LogP contribution is -2.46. The number of piperazine rings is 1. The van der Waals surface area contributed by atoms with Gasteiger partial charge in [-0.25, -0.2) is 4.98 Å². The minimum atomic E-state index is 0.861. The quantitative estimate of drug-likeness (QED) is 0.860. The molecule has 6 heteroatoms. The fourth-order valence-electron chi connectivity index (χ4n) is 2.42. The van der Waals surface area contributed by atoms with E-state index in [-0.39, 0.29) is 0 Å². The zero-order valence-electron chi connectivity index (χ0n) is 11.5. The van der Waals surface area contributed by atoms with Crippen molar-refractivity contribution in [3.05, 3.63) is 35.6 Å². The van der Waals surface area contributed by atoms with Gasteiger partial charge in [0.05, 0.1) is 13.7 Å². The summed E-state index contributed by atoms with van der Waals surface area (Å²) in [7, 11) is 1.69. The molecular formula is C14H18N4OS. The predicted molar refractivity (Wildman–Crippen MR) is 80.4 cm³/mol. The fraction of sp³-hybridized carbons (Fsp3) is 0.429. The van der Waals surface area contributed by atoms with Crippen LogP contribution in [-0.4, -0.2) is 47.5 Å². The highest BCUT2D eigenvalue weighted by Crippen LogP contribution is 2.20. The van der Waals surface area contributed by atoms with Gasteiger partial charge >= 0.3 is 0 Å². The van der Waals surface area contributed by atoms with Crippen molar-refractivity contribution < 1.29 is 4.74 Å². The van der Waals surface area contributed by atoms with Crippen molar-refractivity contribution in [1.82, 2.24) is 14.3 Å². The van der Waals surface area contributed by atoms with E-state index in [0.29, 0.717) is 0 Å². The van der Waals surface area contributed by atoms with E-state index in [1.807, 2.05) is 12.1 Å². The van der Waals surface area contributed by atoms with Crippen molar-refractivity contribution in [2.45, 2.75) is 6.54 Å². The van der Waals surface area contributed by atoms with Crippen LogP contribution in [0.2, 0.25) is 0 Å². The molecule has 3 rings (SSSR count). The Kier molecular flexibility index (Phi) is 4.13. The van der Waals surface area contributed by atoms with Crippen LogP contribution in [0.4, 0.5) is 5.69 Å². The van der Waals surface area contributed by atoms with Crippen LogP contribution in [0, 0.1) is 0 Å². The Morgan fingerprint density at radius 2 is 1.90 bits per heavy atom. The summed E-state index contributed by atoms with van der Waals surface area (Å²) >= 11 is 1.42. The van der Waals surface area contributed by atoms with Crippen molar-refractivity contribution in [3.8, 4) is 5.75 Å². The van der Waals surface area contributed by atoms with Crippen molar-refractivity contribution in [1.29, 1.82) is 0 Å². The number of methoxy groups -OCH3 is 1. The molecule has 0 unspecified atom stereocenters. The molecule has 0 atom stereocenters. The molecule has 0 aliphatic carbocycles. The van der Waals surface area contributed by atoms with Crippen LogP contribution >= 0.6 is 11.5 Å². The summed E-state index contributed by atoms with van der Waals surface area (Å²) in [5.74, 6) is 1.84. The Labute approximate surface area is 123 Å². The summed E-state index contributed by atoms with van der Waals surface area (Å²) in [6.45, 7) is 5.03. The molecule has 1 saturated heterocycles. The molecule has 1 fully saturated rings. The molecule has 2 aromatic rings. The molecule has 5 nitrogen and oxygen atoms in total. The molecule has 2 heterocycles. The molecule has 20 heavy (non-hydrogen) atoms. The smallest absolute Gasteiger partial charge is 0.156 e. The third kappa shape index (κ3) is 3.08. The Bertz CT molecular complexity index is 521. The third-order valence-corrected chi connectivity index (χ3v) is 4.10. The van der Waals surface area contributed by atoms with Crippen LogP contribution < -0.4 is 9.64 Å². The van der Waals surface area contributed by atoms with Crippen LogP contribution in [0.5, 0.6) is 5.75 Å². The molecule has 106 valence electrons. The summed E-state index contributed by atoms with van der Waals surface area (Å²) in [4.78, 5) is 9.06. The van der Waals surface area contributed by atoms with Gasteiger partial charge in [0.25, 0.3) is 0 Å². The topological polar surface area (TPSA) is 41.5 Å². The molecule has 0 radical (unpaired) electrons. The van der Waals surface area contributed by atoms with Crippen LogP contribution in [0.15, 0.2) is 29.8 Å². The van der Waals surface area contributed by atoms with E-state index in [9.17, 15) is 0 Å². The predicted octanol–water partition coefficient (Wildman–Crippen LogP) is 1.87. The summed E-state index contributed by atoms with van der Waals surface area (Å²) in [5, 5.41) is 0. The molecule has 0 saturated carbocycles. The van der Waals surface area contributed by atoms with Crippen molar-refractivity contribution >= 4 is 17.2 Å². The van der Waals surface area contributed by atoms with Gasteiger partial charge in [0.2, 0.25) is 0 Å². The Balaban J connectivity index is 1.55. The highest BCUT2D eigenvalue weighted by molar-refractivity contribution is 7.03. The summed E-state index contributed by atoms with van der Waals surface area (Å²) in [6.07, 6.45) is 0. The van der Waals surface area contributed by atoms with Crippen LogP contribution in [0.3, 0.4) is 0 Å². The lowest BCUT2D eigenvalue weighted by molar-refractivity contribution is 0.245. The Hall–Kier alpha value is -1.66. The highest BCUT2D eigenvalue weighted by Gasteiger charge is 2.18. The second-order valence-corrected chi connectivity index (χ2v) is 5.41. The lowest BCUT2D eigenvalue weighted by Gasteiger charge is -2.35. The minimum absolute atomic E-state index is 0.861. The maximum Gasteiger partial charge on any atom is 0.156 e. The van der Waals surface area contributed by atoms with E-state index in [1.54, 1.807) is 12.6 Å². The van der Waals surface area contributed by atoms with Crippen LogP contribution in [-0.2, 0) is 6.54 Å². The number of hydrogen-bond donors (Lipinski definition) is 0. The molecule has 1 aliphatic rings. The number of anilines is 1. The van der Waals surface area contributed by atoms with E-state index in [1.165, 1.54) is 17.2 Å². The van der Waals surface area contributed by atoms with E-state index in [4.69, 9.17) is 4.74 Å². The van der Waals surface area contributed by atoms with Gasteiger partial charge in [-0.2, -0.15) is 4.37 Å². The van der Waals surface area contributed by atoms with Gasteiger partial charge in [-0.15, -0.1) is 0 Å². The average Bonchev–Trinajstić information content (AvgIpc) is 3.01. The first kappa shape index (κ1) is 13.3. The standard InChI is InChI=1S/C14H18N4OS/c1-19-13-4-2-12(3-5-13)18-8-6-17(7-9-18)10-14-15-11-20-16-14/h2-5,11H,6-10H2,1H3. The first-order valence-corrected chi connectivity index (χ1v) is 7.55. The first-order chi connectivity index (χ1) is 9.85. The number of aromatic nitrogens is 2.